The molecule has 1 atom stereocenters. The van der Waals surface area contributed by atoms with Crippen LogP contribution in [0.15, 0.2) is 22.7 Å². The molecule has 1 unspecified atom stereocenters. The second-order valence-electron chi connectivity index (χ2n) is 5.38. The van der Waals surface area contributed by atoms with Crippen LogP contribution in [0.1, 0.15) is 27.2 Å². The number of nitrogens with zero attached hydrogens (tertiary/aromatic N) is 1. The SMILES string of the molecule is CC(C)C1(C)CC(=O)N(c2cc(Br)ccc2Cl)C1=O. The van der Waals surface area contributed by atoms with E-state index in [1.54, 1.807) is 18.2 Å². The van der Waals surface area contributed by atoms with Crippen molar-refractivity contribution in [1.82, 2.24) is 0 Å². The standard InChI is InChI=1S/C14H15BrClNO2/c1-8(2)14(3)7-12(18)17(13(14)19)11-6-9(15)4-5-10(11)16/h4-6,8H,7H2,1-3H3. The molecule has 19 heavy (non-hydrogen) atoms. The van der Waals surface area contributed by atoms with Gasteiger partial charge in [0.15, 0.2) is 0 Å². The van der Waals surface area contributed by atoms with Crippen molar-refractivity contribution in [1.29, 1.82) is 0 Å². The first kappa shape index (κ1) is 14.5. The van der Waals surface area contributed by atoms with E-state index in [0.717, 1.165) is 4.47 Å². The molecule has 1 aromatic rings. The molecule has 0 N–H and O–H groups in total. The van der Waals surface area contributed by atoms with Gasteiger partial charge in [-0.1, -0.05) is 41.4 Å². The molecule has 1 aliphatic heterocycles. The summed E-state index contributed by atoms with van der Waals surface area (Å²) in [4.78, 5) is 26.0. The average molecular weight is 345 g/mol. The van der Waals surface area contributed by atoms with E-state index >= 15 is 0 Å². The van der Waals surface area contributed by atoms with Crippen LogP contribution >= 0.6 is 27.5 Å². The van der Waals surface area contributed by atoms with Gasteiger partial charge in [0.05, 0.1) is 16.1 Å². The van der Waals surface area contributed by atoms with E-state index in [0.29, 0.717) is 10.7 Å². The summed E-state index contributed by atoms with van der Waals surface area (Å²) in [7, 11) is 0. The van der Waals surface area contributed by atoms with E-state index in [-0.39, 0.29) is 24.2 Å². The molecule has 1 heterocycles. The van der Waals surface area contributed by atoms with Crippen molar-refractivity contribution >= 4 is 45.0 Å². The van der Waals surface area contributed by atoms with Gasteiger partial charge >= 0.3 is 0 Å². The van der Waals surface area contributed by atoms with Gasteiger partial charge < -0.3 is 0 Å². The minimum Gasteiger partial charge on any atom is -0.274 e. The number of halogens is 2. The van der Waals surface area contributed by atoms with Gasteiger partial charge in [-0.2, -0.15) is 0 Å². The van der Waals surface area contributed by atoms with Gasteiger partial charge in [0.1, 0.15) is 0 Å². The minimum atomic E-state index is -0.650. The van der Waals surface area contributed by atoms with Gasteiger partial charge in [0.25, 0.3) is 0 Å². The van der Waals surface area contributed by atoms with Crippen molar-refractivity contribution in [2.45, 2.75) is 27.2 Å². The molecule has 1 saturated heterocycles. The number of rotatable bonds is 2. The van der Waals surface area contributed by atoms with Crippen LogP contribution in [0.25, 0.3) is 0 Å². The molecule has 0 spiro atoms. The van der Waals surface area contributed by atoms with E-state index in [2.05, 4.69) is 15.9 Å². The molecule has 0 radical (unpaired) electrons. The van der Waals surface area contributed by atoms with E-state index in [1.165, 1.54) is 4.90 Å². The fraction of sp³-hybridized carbons (Fsp3) is 0.429. The third kappa shape index (κ3) is 2.32. The Morgan fingerprint density at radius 3 is 2.53 bits per heavy atom. The second kappa shape index (κ2) is 4.91. The molecule has 0 aromatic heterocycles. The first-order valence-electron chi connectivity index (χ1n) is 6.10. The third-order valence-electron chi connectivity index (χ3n) is 3.88. The number of anilines is 1. The molecule has 5 heteroatoms. The Morgan fingerprint density at radius 2 is 2.00 bits per heavy atom. The van der Waals surface area contributed by atoms with Crippen LogP contribution in [-0.2, 0) is 9.59 Å². The van der Waals surface area contributed by atoms with Crippen molar-refractivity contribution in [2.75, 3.05) is 4.90 Å². The number of carbonyl (C=O) groups excluding carboxylic acids is 2. The lowest BCUT2D eigenvalue weighted by atomic mass is 9.78. The van der Waals surface area contributed by atoms with Crippen molar-refractivity contribution in [3.8, 4) is 0 Å². The molecule has 2 amide bonds. The third-order valence-corrected chi connectivity index (χ3v) is 4.70. The predicted octanol–water partition coefficient (Wildman–Crippen LogP) is 4.03. The summed E-state index contributed by atoms with van der Waals surface area (Å²) >= 11 is 9.45. The van der Waals surface area contributed by atoms with E-state index in [9.17, 15) is 9.59 Å². The lowest BCUT2D eigenvalue weighted by Crippen LogP contribution is -2.37. The molecule has 2 rings (SSSR count). The number of benzene rings is 1. The summed E-state index contributed by atoms with van der Waals surface area (Å²) < 4.78 is 0.783. The Hall–Kier alpha value is -0.870. The van der Waals surface area contributed by atoms with Gasteiger partial charge in [0, 0.05) is 10.9 Å². The number of imide groups is 1. The van der Waals surface area contributed by atoms with Crippen LogP contribution in [0.5, 0.6) is 0 Å². The smallest absolute Gasteiger partial charge is 0.240 e. The normalized spacial score (nSPS) is 23.6. The van der Waals surface area contributed by atoms with Crippen molar-refractivity contribution < 1.29 is 9.59 Å². The summed E-state index contributed by atoms with van der Waals surface area (Å²) in [6.07, 6.45) is 0.229. The highest BCUT2D eigenvalue weighted by Gasteiger charge is 2.50. The second-order valence-corrected chi connectivity index (χ2v) is 6.70. The Bertz CT molecular complexity index is 558. The van der Waals surface area contributed by atoms with Crippen LogP contribution < -0.4 is 4.90 Å². The summed E-state index contributed by atoms with van der Waals surface area (Å²) in [6.45, 7) is 5.75. The number of hydrogen-bond donors (Lipinski definition) is 0. The Kier molecular flexibility index (Phi) is 3.76. The van der Waals surface area contributed by atoms with Crippen molar-refractivity contribution in [3.05, 3.63) is 27.7 Å². The maximum absolute atomic E-state index is 12.6. The van der Waals surface area contributed by atoms with Crippen LogP contribution in [0.4, 0.5) is 5.69 Å². The van der Waals surface area contributed by atoms with Gasteiger partial charge in [-0.15, -0.1) is 0 Å². The van der Waals surface area contributed by atoms with E-state index in [1.807, 2.05) is 20.8 Å². The zero-order valence-electron chi connectivity index (χ0n) is 11.0. The largest absolute Gasteiger partial charge is 0.274 e. The molecule has 1 aliphatic rings. The zero-order valence-corrected chi connectivity index (χ0v) is 13.4. The quantitative estimate of drug-likeness (QED) is 0.760. The zero-order chi connectivity index (χ0) is 14.4. The monoisotopic (exact) mass is 343 g/mol. The van der Waals surface area contributed by atoms with Gasteiger partial charge in [-0.3, -0.25) is 9.59 Å². The lowest BCUT2D eigenvalue weighted by molar-refractivity contribution is -0.126. The summed E-state index contributed by atoms with van der Waals surface area (Å²) in [6, 6.07) is 5.15. The van der Waals surface area contributed by atoms with Crippen LogP contribution in [0, 0.1) is 11.3 Å². The highest BCUT2D eigenvalue weighted by atomic mass is 79.9. The Morgan fingerprint density at radius 1 is 1.37 bits per heavy atom. The predicted molar refractivity (Wildman–Crippen MR) is 79.2 cm³/mol. The van der Waals surface area contributed by atoms with E-state index < -0.39 is 5.41 Å². The molecular weight excluding hydrogens is 330 g/mol. The molecule has 3 nitrogen and oxygen atoms in total. The Balaban J connectivity index is 2.49. The minimum absolute atomic E-state index is 0.0971. The maximum Gasteiger partial charge on any atom is 0.240 e. The van der Waals surface area contributed by atoms with Crippen molar-refractivity contribution in [2.24, 2.45) is 11.3 Å². The maximum atomic E-state index is 12.6. The van der Waals surface area contributed by atoms with Gasteiger partial charge in [-0.05, 0) is 31.0 Å². The highest BCUT2D eigenvalue weighted by Crippen LogP contribution is 2.43. The molecule has 1 aromatic carbocycles. The van der Waals surface area contributed by atoms with Gasteiger partial charge in [0.2, 0.25) is 11.8 Å². The van der Waals surface area contributed by atoms with E-state index in [4.69, 9.17) is 11.6 Å². The molecule has 1 fully saturated rings. The lowest BCUT2D eigenvalue weighted by Gasteiger charge is -2.26. The fourth-order valence-electron chi connectivity index (χ4n) is 2.19. The fourth-order valence-corrected chi connectivity index (χ4v) is 2.74. The number of carbonyl (C=O) groups is 2. The molecule has 102 valence electrons. The molecule has 0 bridgehead atoms. The first-order valence-corrected chi connectivity index (χ1v) is 7.27. The Labute approximate surface area is 126 Å². The number of hydrogen-bond acceptors (Lipinski definition) is 2. The highest BCUT2D eigenvalue weighted by molar-refractivity contribution is 9.10. The molecule has 0 saturated carbocycles. The van der Waals surface area contributed by atoms with Crippen LogP contribution in [0.3, 0.4) is 0 Å². The summed E-state index contributed by atoms with van der Waals surface area (Å²) in [5, 5.41) is 0.401. The van der Waals surface area contributed by atoms with Crippen LogP contribution in [0.2, 0.25) is 5.02 Å². The van der Waals surface area contributed by atoms with Crippen molar-refractivity contribution in [3.63, 3.8) is 0 Å². The number of amides is 2. The summed E-state index contributed by atoms with van der Waals surface area (Å²) in [5.74, 6) is -0.270. The first-order chi connectivity index (χ1) is 8.77. The molecular formula is C14H15BrClNO2. The summed E-state index contributed by atoms with van der Waals surface area (Å²) in [5.41, 5.74) is -0.196. The van der Waals surface area contributed by atoms with Crippen LogP contribution in [-0.4, -0.2) is 11.8 Å². The topological polar surface area (TPSA) is 37.4 Å². The van der Waals surface area contributed by atoms with Gasteiger partial charge in [-0.25, -0.2) is 4.90 Å². The average Bonchev–Trinajstić information content (AvgIpc) is 2.55. The molecule has 0 aliphatic carbocycles.